The molecule has 0 radical (unpaired) electrons. The number of amides is 2. The van der Waals surface area contributed by atoms with Gasteiger partial charge in [0.1, 0.15) is 6.33 Å². The number of hydrogen-bond acceptors (Lipinski definition) is 4. The van der Waals surface area contributed by atoms with Crippen LogP contribution in [0.2, 0.25) is 0 Å². The minimum Gasteiger partial charge on any atom is -0.274 e. The van der Waals surface area contributed by atoms with E-state index < -0.39 is 5.91 Å². The first kappa shape index (κ1) is 9.17. The molecule has 0 aliphatic rings. The van der Waals surface area contributed by atoms with Crippen LogP contribution in [-0.4, -0.2) is 26.6 Å². The van der Waals surface area contributed by atoms with E-state index in [0.29, 0.717) is 0 Å². The molecule has 0 atom stereocenters. The zero-order valence-electron chi connectivity index (χ0n) is 7.24. The monoisotopic (exact) mass is 183 g/mol. The molecule has 0 saturated heterocycles. The van der Waals surface area contributed by atoms with Crippen LogP contribution in [0, 0.1) is 0 Å². The third-order valence-corrected chi connectivity index (χ3v) is 1.15. The summed E-state index contributed by atoms with van der Waals surface area (Å²) in [5, 5.41) is 3.73. The summed E-state index contributed by atoms with van der Waals surface area (Å²) in [6.45, 7) is 1.28. The predicted molar refractivity (Wildman–Crippen MR) is 42.3 cm³/mol. The zero-order chi connectivity index (χ0) is 9.84. The minimum atomic E-state index is -0.546. The van der Waals surface area contributed by atoms with Gasteiger partial charge in [-0.2, -0.15) is 0 Å². The van der Waals surface area contributed by atoms with Gasteiger partial charge in [-0.15, -0.1) is 5.10 Å². The van der Waals surface area contributed by atoms with Crippen LogP contribution in [0.1, 0.15) is 17.5 Å². The topological polar surface area (TPSA) is 88.9 Å². The van der Waals surface area contributed by atoms with E-state index in [1.165, 1.54) is 17.9 Å². The van der Waals surface area contributed by atoms with Crippen molar-refractivity contribution in [2.75, 3.05) is 0 Å². The van der Waals surface area contributed by atoms with Crippen LogP contribution < -0.4 is 10.9 Å². The summed E-state index contributed by atoms with van der Waals surface area (Å²) >= 11 is 0. The first-order valence-corrected chi connectivity index (χ1v) is 3.52. The van der Waals surface area contributed by atoms with E-state index in [0.717, 1.165) is 0 Å². The Morgan fingerprint density at radius 3 is 2.62 bits per heavy atom. The molecule has 2 N–H and O–H groups in total. The minimum absolute atomic E-state index is 0.0104. The van der Waals surface area contributed by atoms with Gasteiger partial charge in [0.2, 0.25) is 11.7 Å². The van der Waals surface area contributed by atoms with Gasteiger partial charge in [-0.1, -0.05) is 0 Å². The van der Waals surface area contributed by atoms with Gasteiger partial charge in [0.05, 0.1) is 0 Å². The van der Waals surface area contributed by atoms with Crippen molar-refractivity contribution in [2.45, 2.75) is 6.92 Å². The molecule has 2 amide bonds. The third kappa shape index (κ3) is 2.55. The van der Waals surface area contributed by atoms with Crippen LogP contribution >= 0.6 is 0 Å². The highest BCUT2D eigenvalue weighted by atomic mass is 16.2. The molecule has 0 spiro atoms. The Morgan fingerprint density at radius 2 is 2.15 bits per heavy atom. The standard InChI is InChI=1S/C6H9N5O2/c1-4(12)8-9-6(13)5-7-3-11(2)10-5/h3H,1-2H3,(H,8,12)(H,9,13). The molecule has 0 fully saturated rings. The van der Waals surface area contributed by atoms with Gasteiger partial charge in [-0.25, -0.2) is 4.98 Å². The predicted octanol–water partition coefficient (Wildman–Crippen LogP) is -1.40. The van der Waals surface area contributed by atoms with Crippen molar-refractivity contribution in [1.29, 1.82) is 0 Å². The van der Waals surface area contributed by atoms with Crippen molar-refractivity contribution >= 4 is 11.8 Å². The Hall–Kier alpha value is -1.92. The molecule has 1 aromatic rings. The summed E-state index contributed by atoms with van der Waals surface area (Å²) < 4.78 is 1.39. The fourth-order valence-corrected chi connectivity index (χ4v) is 0.644. The summed E-state index contributed by atoms with van der Waals surface area (Å²) in [6, 6.07) is 0. The smallest absolute Gasteiger partial charge is 0.274 e. The number of nitrogens with one attached hydrogen (secondary N) is 2. The number of aromatic nitrogens is 3. The first-order chi connectivity index (χ1) is 6.09. The maximum atomic E-state index is 11.1. The SMILES string of the molecule is CC(=O)NNC(=O)c1ncn(C)n1. The van der Waals surface area contributed by atoms with Gasteiger partial charge in [0.15, 0.2) is 0 Å². The lowest BCUT2D eigenvalue weighted by atomic mass is 10.6. The van der Waals surface area contributed by atoms with Crippen LogP contribution in [-0.2, 0) is 11.8 Å². The molecule has 7 nitrogen and oxygen atoms in total. The highest BCUT2D eigenvalue weighted by Crippen LogP contribution is 1.85. The number of nitrogens with zero attached hydrogens (tertiary/aromatic N) is 3. The average molecular weight is 183 g/mol. The van der Waals surface area contributed by atoms with Gasteiger partial charge in [0.25, 0.3) is 0 Å². The molecule has 1 heterocycles. The molecule has 13 heavy (non-hydrogen) atoms. The Kier molecular flexibility index (Phi) is 2.58. The van der Waals surface area contributed by atoms with Crippen molar-refractivity contribution in [3.05, 3.63) is 12.2 Å². The van der Waals surface area contributed by atoms with Crippen molar-refractivity contribution in [1.82, 2.24) is 25.6 Å². The van der Waals surface area contributed by atoms with Crippen LogP contribution in [0.25, 0.3) is 0 Å². The van der Waals surface area contributed by atoms with Crippen LogP contribution in [0.15, 0.2) is 6.33 Å². The van der Waals surface area contributed by atoms with Crippen LogP contribution in [0.3, 0.4) is 0 Å². The molecule has 1 aromatic heterocycles. The Balaban J connectivity index is 2.54. The molecule has 70 valence electrons. The van der Waals surface area contributed by atoms with Gasteiger partial charge in [0, 0.05) is 14.0 Å². The molecular weight excluding hydrogens is 174 g/mol. The van der Waals surface area contributed by atoms with Crippen LogP contribution in [0.5, 0.6) is 0 Å². The normalized spacial score (nSPS) is 9.38. The van der Waals surface area contributed by atoms with E-state index in [-0.39, 0.29) is 11.7 Å². The fraction of sp³-hybridized carbons (Fsp3) is 0.333. The molecule has 0 bridgehead atoms. The lowest BCUT2D eigenvalue weighted by molar-refractivity contribution is -0.119. The number of carbonyl (C=O) groups is 2. The van der Waals surface area contributed by atoms with Gasteiger partial charge in [-0.3, -0.25) is 25.1 Å². The second-order valence-electron chi connectivity index (χ2n) is 2.38. The number of rotatable bonds is 1. The molecule has 0 unspecified atom stereocenters. The Labute approximate surface area is 74.1 Å². The first-order valence-electron chi connectivity index (χ1n) is 3.52. The Bertz CT molecular complexity index is 332. The van der Waals surface area contributed by atoms with E-state index in [9.17, 15) is 9.59 Å². The number of hydrogen-bond donors (Lipinski definition) is 2. The molecule has 1 rings (SSSR count). The summed E-state index contributed by atoms with van der Waals surface area (Å²) in [5.41, 5.74) is 4.26. The second-order valence-corrected chi connectivity index (χ2v) is 2.38. The zero-order valence-corrected chi connectivity index (χ0v) is 7.24. The summed E-state index contributed by atoms with van der Waals surface area (Å²) in [7, 11) is 1.64. The molecule has 0 saturated carbocycles. The number of hydrazine groups is 1. The summed E-state index contributed by atoms with van der Waals surface area (Å²) in [4.78, 5) is 25.2. The highest BCUT2D eigenvalue weighted by molar-refractivity contribution is 5.91. The van der Waals surface area contributed by atoms with Crippen molar-refractivity contribution in [2.24, 2.45) is 7.05 Å². The lowest BCUT2D eigenvalue weighted by Crippen LogP contribution is -2.40. The van der Waals surface area contributed by atoms with E-state index in [4.69, 9.17) is 0 Å². The largest absolute Gasteiger partial charge is 0.309 e. The van der Waals surface area contributed by atoms with E-state index >= 15 is 0 Å². The number of carbonyl (C=O) groups excluding carboxylic acids is 2. The molecule has 0 aliphatic heterocycles. The average Bonchev–Trinajstić information content (AvgIpc) is 2.47. The lowest BCUT2D eigenvalue weighted by Gasteiger charge is -2.00. The van der Waals surface area contributed by atoms with E-state index in [1.54, 1.807) is 7.05 Å². The quantitative estimate of drug-likeness (QED) is 0.524. The van der Waals surface area contributed by atoms with Gasteiger partial charge >= 0.3 is 5.91 Å². The molecule has 0 aromatic carbocycles. The Morgan fingerprint density at radius 1 is 1.46 bits per heavy atom. The second kappa shape index (κ2) is 3.65. The van der Waals surface area contributed by atoms with Gasteiger partial charge < -0.3 is 0 Å². The molecular formula is C6H9N5O2. The van der Waals surface area contributed by atoms with E-state index in [1.807, 2.05) is 0 Å². The number of aryl methyl sites for hydroxylation is 1. The van der Waals surface area contributed by atoms with Crippen molar-refractivity contribution in [3.63, 3.8) is 0 Å². The van der Waals surface area contributed by atoms with Crippen molar-refractivity contribution in [3.8, 4) is 0 Å². The van der Waals surface area contributed by atoms with Crippen LogP contribution in [0.4, 0.5) is 0 Å². The molecule has 0 aliphatic carbocycles. The fourth-order valence-electron chi connectivity index (χ4n) is 0.644. The summed E-state index contributed by atoms with van der Waals surface area (Å²) in [6.07, 6.45) is 1.39. The van der Waals surface area contributed by atoms with E-state index in [2.05, 4.69) is 20.9 Å². The van der Waals surface area contributed by atoms with Gasteiger partial charge in [-0.05, 0) is 0 Å². The maximum Gasteiger partial charge on any atom is 0.309 e. The summed E-state index contributed by atoms with van der Waals surface area (Å²) in [5.74, 6) is -0.892. The highest BCUT2D eigenvalue weighted by Gasteiger charge is 2.09. The maximum absolute atomic E-state index is 11.1. The molecule has 7 heteroatoms. The van der Waals surface area contributed by atoms with Crippen molar-refractivity contribution < 1.29 is 9.59 Å². The third-order valence-electron chi connectivity index (χ3n) is 1.15.